The maximum Gasteiger partial charge on any atom is 0.348 e. The Morgan fingerprint density at radius 3 is 2.36 bits per heavy atom. The molecule has 140 valence electrons. The van der Waals surface area contributed by atoms with E-state index in [4.69, 9.17) is 13.8 Å². The molecule has 1 aliphatic rings. The van der Waals surface area contributed by atoms with Crippen molar-refractivity contribution in [3.05, 3.63) is 35.9 Å². The van der Waals surface area contributed by atoms with Gasteiger partial charge in [0, 0.05) is 12.8 Å². The Bertz CT molecular complexity index is 593. The van der Waals surface area contributed by atoms with Crippen LogP contribution in [-0.4, -0.2) is 30.4 Å². The fourth-order valence-corrected chi connectivity index (χ4v) is 5.71. The Balaban J connectivity index is 2.40. The summed E-state index contributed by atoms with van der Waals surface area (Å²) in [5.74, 6) is -0.456. The SMILES string of the molecule is CCCCC1CC(Cc2ccccc2)(P(=O)(OCC)OCC)C(=O)O1. The first-order valence-electron chi connectivity index (χ1n) is 9.15. The van der Waals surface area contributed by atoms with Crippen LogP contribution in [0, 0.1) is 0 Å². The molecule has 0 bridgehead atoms. The van der Waals surface area contributed by atoms with Crippen molar-refractivity contribution in [3.63, 3.8) is 0 Å². The lowest BCUT2D eigenvalue weighted by Crippen LogP contribution is -2.38. The molecule has 0 saturated carbocycles. The summed E-state index contributed by atoms with van der Waals surface area (Å²) < 4.78 is 30.4. The van der Waals surface area contributed by atoms with Gasteiger partial charge in [0.05, 0.1) is 13.2 Å². The molecule has 1 fully saturated rings. The van der Waals surface area contributed by atoms with Crippen LogP contribution in [0.25, 0.3) is 0 Å². The van der Waals surface area contributed by atoms with E-state index in [1.807, 2.05) is 30.3 Å². The molecule has 0 amide bonds. The van der Waals surface area contributed by atoms with Crippen LogP contribution in [0.15, 0.2) is 30.3 Å². The first-order chi connectivity index (χ1) is 12.0. The molecule has 25 heavy (non-hydrogen) atoms. The molecular formula is C19H29O5P. The third-order valence-corrected chi connectivity index (χ3v) is 7.33. The van der Waals surface area contributed by atoms with Gasteiger partial charge in [-0.15, -0.1) is 0 Å². The zero-order valence-electron chi connectivity index (χ0n) is 15.4. The second-order valence-electron chi connectivity index (χ2n) is 6.40. The Labute approximate surface area is 150 Å². The van der Waals surface area contributed by atoms with Gasteiger partial charge in [0.15, 0.2) is 5.16 Å². The van der Waals surface area contributed by atoms with Crippen molar-refractivity contribution in [2.24, 2.45) is 0 Å². The molecule has 0 N–H and O–H groups in total. The number of ether oxygens (including phenoxy) is 1. The van der Waals surface area contributed by atoms with Crippen molar-refractivity contribution in [2.75, 3.05) is 13.2 Å². The number of carbonyl (C=O) groups is 1. The number of rotatable bonds is 10. The number of hydrogen-bond donors (Lipinski definition) is 0. The molecule has 6 heteroatoms. The van der Waals surface area contributed by atoms with Crippen LogP contribution in [0.5, 0.6) is 0 Å². The van der Waals surface area contributed by atoms with Crippen molar-refractivity contribution < 1.29 is 23.1 Å². The van der Waals surface area contributed by atoms with Gasteiger partial charge in [0.2, 0.25) is 0 Å². The maximum absolute atomic E-state index is 13.6. The van der Waals surface area contributed by atoms with Crippen LogP contribution in [0.1, 0.15) is 52.0 Å². The minimum absolute atomic E-state index is 0.223. The highest BCUT2D eigenvalue weighted by molar-refractivity contribution is 7.56. The third kappa shape index (κ3) is 4.33. The van der Waals surface area contributed by atoms with Crippen LogP contribution < -0.4 is 0 Å². The number of benzene rings is 1. The van der Waals surface area contributed by atoms with Crippen LogP contribution in [-0.2, 0) is 29.6 Å². The molecule has 5 nitrogen and oxygen atoms in total. The monoisotopic (exact) mass is 368 g/mol. The predicted molar refractivity (Wildman–Crippen MR) is 97.8 cm³/mol. The van der Waals surface area contributed by atoms with Gasteiger partial charge in [-0.2, -0.15) is 0 Å². The molecule has 1 heterocycles. The molecule has 0 spiro atoms. The van der Waals surface area contributed by atoms with E-state index in [0.717, 1.165) is 24.8 Å². The molecule has 0 aliphatic carbocycles. The second kappa shape index (κ2) is 8.98. The minimum Gasteiger partial charge on any atom is -0.461 e. The van der Waals surface area contributed by atoms with Gasteiger partial charge < -0.3 is 13.8 Å². The van der Waals surface area contributed by atoms with E-state index in [1.165, 1.54) is 0 Å². The molecule has 0 radical (unpaired) electrons. The molecular weight excluding hydrogens is 339 g/mol. The lowest BCUT2D eigenvalue weighted by Gasteiger charge is -2.32. The van der Waals surface area contributed by atoms with E-state index in [-0.39, 0.29) is 19.3 Å². The number of cyclic esters (lactones) is 1. The van der Waals surface area contributed by atoms with Gasteiger partial charge in [0.25, 0.3) is 0 Å². The highest BCUT2D eigenvalue weighted by Gasteiger charge is 2.62. The van der Waals surface area contributed by atoms with E-state index in [1.54, 1.807) is 13.8 Å². The predicted octanol–water partition coefficient (Wildman–Crippen LogP) is 4.74. The van der Waals surface area contributed by atoms with E-state index in [0.29, 0.717) is 12.8 Å². The summed E-state index contributed by atoms with van der Waals surface area (Å²) in [7, 11) is -3.66. The van der Waals surface area contributed by atoms with E-state index in [9.17, 15) is 9.36 Å². The molecule has 0 aromatic heterocycles. The molecule has 2 unspecified atom stereocenters. The lowest BCUT2D eigenvalue weighted by molar-refractivity contribution is -0.144. The van der Waals surface area contributed by atoms with Crippen molar-refractivity contribution in [3.8, 4) is 0 Å². The largest absolute Gasteiger partial charge is 0.461 e. The molecule has 2 rings (SSSR count). The van der Waals surface area contributed by atoms with Crippen molar-refractivity contribution >= 4 is 13.6 Å². The van der Waals surface area contributed by atoms with Gasteiger partial charge in [-0.25, -0.2) is 0 Å². The number of unbranched alkanes of at least 4 members (excludes halogenated alkanes) is 1. The van der Waals surface area contributed by atoms with Gasteiger partial charge in [-0.1, -0.05) is 50.1 Å². The third-order valence-electron chi connectivity index (χ3n) is 4.56. The molecule has 1 aromatic rings. The first-order valence-corrected chi connectivity index (χ1v) is 10.7. The lowest BCUT2D eigenvalue weighted by atomic mass is 9.93. The Hall–Kier alpha value is -1.16. The quantitative estimate of drug-likeness (QED) is 0.441. The number of carbonyl (C=O) groups excluding carboxylic acids is 1. The topological polar surface area (TPSA) is 61.8 Å². The summed E-state index contributed by atoms with van der Waals surface area (Å²) in [5.41, 5.74) is 0.926. The fraction of sp³-hybridized carbons (Fsp3) is 0.632. The number of esters is 1. The van der Waals surface area contributed by atoms with Crippen LogP contribution in [0.3, 0.4) is 0 Å². The fourth-order valence-electron chi connectivity index (χ4n) is 3.38. The van der Waals surface area contributed by atoms with Gasteiger partial charge in [-0.05, 0) is 25.8 Å². The standard InChI is InChI=1S/C19H29O5P/c1-4-7-13-17-15-19(18(20)24-17,14-16-11-9-8-10-12-16)25(21,22-5-2)23-6-3/h8-12,17H,4-7,13-15H2,1-3H3. The van der Waals surface area contributed by atoms with Crippen molar-refractivity contribution in [2.45, 2.75) is 64.1 Å². The maximum atomic E-state index is 13.6. The average Bonchev–Trinajstić information content (AvgIpc) is 2.91. The molecule has 1 aromatic carbocycles. The molecule has 1 aliphatic heterocycles. The van der Waals surface area contributed by atoms with Crippen LogP contribution in [0.4, 0.5) is 0 Å². The smallest absolute Gasteiger partial charge is 0.348 e. The summed E-state index contributed by atoms with van der Waals surface area (Å²) in [6.07, 6.45) is 3.20. The second-order valence-corrected chi connectivity index (χ2v) is 8.77. The van der Waals surface area contributed by atoms with E-state index in [2.05, 4.69) is 6.92 Å². The Morgan fingerprint density at radius 2 is 1.80 bits per heavy atom. The Kier molecular flexibility index (Phi) is 7.24. The minimum atomic E-state index is -3.66. The van der Waals surface area contributed by atoms with Gasteiger partial charge in [0.1, 0.15) is 6.10 Å². The van der Waals surface area contributed by atoms with Gasteiger partial charge >= 0.3 is 13.6 Å². The normalized spacial score (nSPS) is 23.6. The zero-order chi connectivity index (χ0) is 18.3. The molecule has 1 saturated heterocycles. The summed E-state index contributed by atoms with van der Waals surface area (Å²) in [6.45, 7) is 6.06. The zero-order valence-corrected chi connectivity index (χ0v) is 16.3. The number of hydrogen-bond acceptors (Lipinski definition) is 5. The van der Waals surface area contributed by atoms with E-state index < -0.39 is 18.7 Å². The molecule has 2 atom stereocenters. The summed E-state index contributed by atoms with van der Waals surface area (Å²) in [5, 5.41) is -1.27. The summed E-state index contributed by atoms with van der Waals surface area (Å²) in [6, 6.07) is 9.58. The average molecular weight is 368 g/mol. The summed E-state index contributed by atoms with van der Waals surface area (Å²) >= 11 is 0. The van der Waals surface area contributed by atoms with Crippen molar-refractivity contribution in [1.29, 1.82) is 0 Å². The van der Waals surface area contributed by atoms with E-state index >= 15 is 0 Å². The first kappa shape index (κ1) is 20.2. The highest BCUT2D eigenvalue weighted by atomic mass is 31.2. The van der Waals surface area contributed by atoms with Crippen LogP contribution in [0.2, 0.25) is 0 Å². The Morgan fingerprint density at radius 1 is 1.16 bits per heavy atom. The van der Waals surface area contributed by atoms with Gasteiger partial charge in [-0.3, -0.25) is 9.36 Å². The highest BCUT2D eigenvalue weighted by Crippen LogP contribution is 2.65. The van der Waals surface area contributed by atoms with Crippen LogP contribution >= 0.6 is 7.60 Å². The summed E-state index contributed by atoms with van der Waals surface area (Å²) in [4.78, 5) is 12.9. The van der Waals surface area contributed by atoms with Crippen molar-refractivity contribution in [1.82, 2.24) is 0 Å².